The lowest BCUT2D eigenvalue weighted by molar-refractivity contribution is -0.709. The second kappa shape index (κ2) is 3.47. The SMILES string of the molecule is COc1ccc2c(c1)n(C(C)(C)C)n[n+]2C. The van der Waals surface area contributed by atoms with Crippen LogP contribution in [0.1, 0.15) is 20.8 Å². The fourth-order valence-corrected chi connectivity index (χ4v) is 1.80. The van der Waals surface area contributed by atoms with Crippen LogP contribution >= 0.6 is 0 Å². The van der Waals surface area contributed by atoms with Gasteiger partial charge in [-0.05, 0) is 32.9 Å². The summed E-state index contributed by atoms with van der Waals surface area (Å²) >= 11 is 0. The van der Waals surface area contributed by atoms with Gasteiger partial charge in [-0.2, -0.15) is 0 Å². The van der Waals surface area contributed by atoms with Gasteiger partial charge in [0.1, 0.15) is 18.3 Å². The average Bonchev–Trinajstić information content (AvgIpc) is 2.55. The molecule has 0 atom stereocenters. The first kappa shape index (κ1) is 10.9. The van der Waals surface area contributed by atoms with Crippen molar-refractivity contribution in [3.05, 3.63) is 18.2 Å². The Morgan fingerprint density at radius 2 is 2.00 bits per heavy atom. The number of benzene rings is 1. The van der Waals surface area contributed by atoms with Gasteiger partial charge in [0.25, 0.3) is 0 Å². The molecule has 0 unspecified atom stereocenters. The van der Waals surface area contributed by atoms with Crippen LogP contribution in [0.15, 0.2) is 18.2 Å². The summed E-state index contributed by atoms with van der Waals surface area (Å²) in [5, 5.41) is 4.51. The highest BCUT2D eigenvalue weighted by Crippen LogP contribution is 2.22. The molecule has 2 aromatic rings. The van der Waals surface area contributed by atoms with E-state index in [1.54, 1.807) is 7.11 Å². The number of nitrogens with zero attached hydrogens (tertiary/aromatic N) is 3. The van der Waals surface area contributed by atoms with Crippen molar-refractivity contribution in [2.75, 3.05) is 7.11 Å². The Kier molecular flexibility index (Phi) is 2.37. The minimum absolute atomic E-state index is 0.0358. The lowest BCUT2D eigenvalue weighted by Gasteiger charge is -2.12. The number of fused-ring (bicyclic) bond motifs is 1. The van der Waals surface area contributed by atoms with Gasteiger partial charge < -0.3 is 4.74 Å². The van der Waals surface area contributed by atoms with E-state index < -0.39 is 0 Å². The van der Waals surface area contributed by atoms with Gasteiger partial charge in [-0.3, -0.25) is 0 Å². The monoisotopic (exact) mass is 220 g/mol. The number of hydrogen-bond acceptors (Lipinski definition) is 2. The lowest BCUT2D eigenvalue weighted by Crippen LogP contribution is -2.34. The number of aryl methyl sites for hydroxylation is 1. The van der Waals surface area contributed by atoms with Crippen LogP contribution < -0.4 is 9.42 Å². The van der Waals surface area contributed by atoms with Crippen LogP contribution in [0.25, 0.3) is 11.0 Å². The van der Waals surface area contributed by atoms with Crippen LogP contribution in [0, 0.1) is 0 Å². The van der Waals surface area contributed by atoms with Gasteiger partial charge in [0.2, 0.25) is 5.52 Å². The predicted octanol–water partition coefficient (Wildman–Crippen LogP) is 1.62. The van der Waals surface area contributed by atoms with Crippen molar-refractivity contribution in [2.45, 2.75) is 26.3 Å². The van der Waals surface area contributed by atoms with Crippen molar-refractivity contribution in [1.82, 2.24) is 9.90 Å². The van der Waals surface area contributed by atoms with Gasteiger partial charge in [0.15, 0.2) is 5.52 Å². The smallest absolute Gasteiger partial charge is 0.202 e. The van der Waals surface area contributed by atoms with E-state index in [0.29, 0.717) is 0 Å². The fraction of sp³-hybridized carbons (Fsp3) is 0.500. The summed E-state index contributed by atoms with van der Waals surface area (Å²) in [5.74, 6) is 0.860. The highest BCUT2D eigenvalue weighted by Gasteiger charge is 2.26. The second-order valence-electron chi connectivity index (χ2n) is 4.95. The van der Waals surface area contributed by atoms with Crippen LogP contribution in [0.3, 0.4) is 0 Å². The van der Waals surface area contributed by atoms with Crippen molar-refractivity contribution in [1.29, 1.82) is 0 Å². The molecule has 0 fully saturated rings. The molecule has 86 valence electrons. The Balaban J connectivity index is 2.75. The summed E-state index contributed by atoms with van der Waals surface area (Å²) in [6, 6.07) is 6.01. The molecular formula is C12H18N3O+. The summed E-state index contributed by atoms with van der Waals surface area (Å²) in [4.78, 5) is 0. The van der Waals surface area contributed by atoms with Crippen molar-refractivity contribution in [3.8, 4) is 5.75 Å². The highest BCUT2D eigenvalue weighted by molar-refractivity contribution is 5.73. The zero-order valence-electron chi connectivity index (χ0n) is 10.5. The third-order valence-electron chi connectivity index (χ3n) is 2.62. The molecule has 1 heterocycles. The Labute approximate surface area is 95.4 Å². The molecule has 2 rings (SSSR count). The van der Waals surface area contributed by atoms with E-state index in [2.05, 4.69) is 26.0 Å². The van der Waals surface area contributed by atoms with Crippen molar-refractivity contribution < 1.29 is 9.42 Å². The van der Waals surface area contributed by atoms with Crippen LogP contribution in [0.5, 0.6) is 5.75 Å². The molecule has 0 spiro atoms. The summed E-state index contributed by atoms with van der Waals surface area (Å²) in [7, 11) is 3.63. The maximum atomic E-state index is 5.25. The summed E-state index contributed by atoms with van der Waals surface area (Å²) < 4.78 is 9.16. The third kappa shape index (κ3) is 1.64. The van der Waals surface area contributed by atoms with E-state index in [1.807, 2.05) is 34.6 Å². The van der Waals surface area contributed by atoms with E-state index in [9.17, 15) is 0 Å². The van der Waals surface area contributed by atoms with Gasteiger partial charge in [-0.15, -0.1) is 9.36 Å². The Morgan fingerprint density at radius 1 is 1.31 bits per heavy atom. The molecule has 4 heteroatoms. The molecule has 0 aliphatic heterocycles. The van der Waals surface area contributed by atoms with Crippen LogP contribution in [-0.4, -0.2) is 17.0 Å². The minimum atomic E-state index is -0.0358. The zero-order valence-corrected chi connectivity index (χ0v) is 10.5. The van der Waals surface area contributed by atoms with Crippen LogP contribution in [-0.2, 0) is 12.6 Å². The predicted molar refractivity (Wildman–Crippen MR) is 62.5 cm³/mol. The number of ether oxygens (including phenoxy) is 1. The van der Waals surface area contributed by atoms with Crippen LogP contribution in [0.4, 0.5) is 0 Å². The zero-order chi connectivity index (χ0) is 11.9. The third-order valence-corrected chi connectivity index (χ3v) is 2.62. The van der Waals surface area contributed by atoms with Gasteiger partial charge in [-0.25, -0.2) is 0 Å². The van der Waals surface area contributed by atoms with E-state index in [0.717, 1.165) is 16.8 Å². The van der Waals surface area contributed by atoms with E-state index in [1.165, 1.54) is 0 Å². The molecule has 0 N–H and O–H groups in total. The molecule has 16 heavy (non-hydrogen) atoms. The van der Waals surface area contributed by atoms with Gasteiger partial charge in [0, 0.05) is 6.07 Å². The number of hydrogen-bond donors (Lipinski definition) is 0. The lowest BCUT2D eigenvalue weighted by atomic mass is 10.1. The maximum Gasteiger partial charge on any atom is 0.202 e. The standard InChI is InChI=1S/C12H18N3O/c1-12(2,3)15-11-8-9(16-5)6-7-10(11)14(4)13-15/h6-8H,1-5H3/q+1. The quantitative estimate of drug-likeness (QED) is 0.684. The second-order valence-corrected chi connectivity index (χ2v) is 4.95. The van der Waals surface area contributed by atoms with Crippen molar-refractivity contribution >= 4 is 11.0 Å². The molecule has 1 aromatic carbocycles. The molecule has 0 radical (unpaired) electrons. The molecule has 0 saturated heterocycles. The van der Waals surface area contributed by atoms with E-state index >= 15 is 0 Å². The normalized spacial score (nSPS) is 12.1. The molecule has 0 aliphatic carbocycles. The minimum Gasteiger partial charge on any atom is -0.497 e. The van der Waals surface area contributed by atoms with Crippen molar-refractivity contribution in [3.63, 3.8) is 0 Å². The molecule has 0 bridgehead atoms. The molecule has 4 nitrogen and oxygen atoms in total. The average molecular weight is 220 g/mol. The fourth-order valence-electron chi connectivity index (χ4n) is 1.80. The first-order valence-corrected chi connectivity index (χ1v) is 5.37. The Bertz CT molecular complexity index is 523. The summed E-state index contributed by atoms with van der Waals surface area (Å²) in [6.45, 7) is 6.41. The summed E-state index contributed by atoms with van der Waals surface area (Å²) in [5.41, 5.74) is 2.16. The number of rotatable bonds is 1. The molecule has 0 aliphatic rings. The van der Waals surface area contributed by atoms with Gasteiger partial charge in [0.05, 0.1) is 12.3 Å². The van der Waals surface area contributed by atoms with Crippen LogP contribution in [0.2, 0.25) is 0 Å². The van der Waals surface area contributed by atoms with E-state index in [4.69, 9.17) is 4.74 Å². The van der Waals surface area contributed by atoms with Gasteiger partial charge >= 0.3 is 0 Å². The van der Waals surface area contributed by atoms with E-state index in [-0.39, 0.29) is 5.54 Å². The number of aromatic nitrogens is 3. The summed E-state index contributed by atoms with van der Waals surface area (Å²) in [6.07, 6.45) is 0. The Hall–Kier alpha value is -1.58. The molecular weight excluding hydrogens is 202 g/mol. The Morgan fingerprint density at radius 3 is 2.56 bits per heavy atom. The molecule has 1 aromatic heterocycles. The van der Waals surface area contributed by atoms with Crippen molar-refractivity contribution in [2.24, 2.45) is 7.05 Å². The first-order valence-electron chi connectivity index (χ1n) is 5.37. The number of methoxy groups -OCH3 is 1. The highest BCUT2D eigenvalue weighted by atomic mass is 16.5. The largest absolute Gasteiger partial charge is 0.497 e. The molecule has 0 saturated carbocycles. The molecule has 0 amide bonds. The topological polar surface area (TPSA) is 30.9 Å². The first-order chi connectivity index (χ1) is 7.43. The maximum absolute atomic E-state index is 5.25. The van der Waals surface area contributed by atoms with Gasteiger partial charge in [-0.1, -0.05) is 0 Å².